The van der Waals surface area contributed by atoms with E-state index >= 15 is 0 Å². The van der Waals surface area contributed by atoms with Crippen molar-refractivity contribution in [3.05, 3.63) is 23.8 Å². The Morgan fingerprint density at radius 2 is 1.88 bits per heavy atom. The summed E-state index contributed by atoms with van der Waals surface area (Å²) in [6, 6.07) is 5.58. The van der Waals surface area contributed by atoms with Crippen molar-refractivity contribution in [2.24, 2.45) is 5.92 Å². The quantitative estimate of drug-likeness (QED) is 0.758. The van der Waals surface area contributed by atoms with Crippen molar-refractivity contribution in [2.75, 3.05) is 40.5 Å². The van der Waals surface area contributed by atoms with Crippen LogP contribution in [0, 0.1) is 5.92 Å². The van der Waals surface area contributed by atoms with Gasteiger partial charge < -0.3 is 24.4 Å². The van der Waals surface area contributed by atoms with Gasteiger partial charge in [-0.15, -0.1) is 0 Å². The molecule has 1 aromatic carbocycles. The molecular formula is C19H28N2O5. The second-order valence-corrected chi connectivity index (χ2v) is 6.31. The largest absolute Gasteiger partial charge is 0.493 e. The van der Waals surface area contributed by atoms with E-state index in [-0.39, 0.29) is 17.7 Å². The third-order valence-corrected chi connectivity index (χ3v) is 4.54. The number of nitrogens with one attached hydrogen (secondary N) is 1. The Balaban J connectivity index is 1.88. The van der Waals surface area contributed by atoms with Crippen molar-refractivity contribution >= 4 is 11.8 Å². The van der Waals surface area contributed by atoms with E-state index in [4.69, 9.17) is 14.2 Å². The Kier molecular flexibility index (Phi) is 7.72. The highest BCUT2D eigenvalue weighted by molar-refractivity contribution is 5.78. The van der Waals surface area contributed by atoms with Crippen LogP contribution in [0.15, 0.2) is 18.2 Å². The lowest BCUT2D eigenvalue weighted by molar-refractivity contribution is -0.131. The molecule has 7 nitrogen and oxygen atoms in total. The summed E-state index contributed by atoms with van der Waals surface area (Å²) in [4.78, 5) is 25.8. The van der Waals surface area contributed by atoms with E-state index in [1.807, 2.05) is 18.2 Å². The van der Waals surface area contributed by atoms with Crippen LogP contribution in [0.5, 0.6) is 11.5 Å². The summed E-state index contributed by atoms with van der Waals surface area (Å²) in [6.07, 6.45) is 1.52. The molecule has 1 heterocycles. The standard InChI is InChI=1S/C19H28N2O5/c1-14(22)21(9-8-20-19(23)16-6-10-26-11-7-16)13-15-4-5-17(24-2)18(12-15)25-3/h4-5,12,16H,6-11,13H2,1-3H3,(H,20,23). The Hall–Kier alpha value is -2.28. The van der Waals surface area contributed by atoms with Gasteiger partial charge in [0.05, 0.1) is 14.2 Å². The zero-order valence-electron chi connectivity index (χ0n) is 15.7. The number of nitrogens with zero attached hydrogens (tertiary/aromatic N) is 1. The highest BCUT2D eigenvalue weighted by Gasteiger charge is 2.21. The van der Waals surface area contributed by atoms with Crippen LogP contribution in [0.25, 0.3) is 0 Å². The topological polar surface area (TPSA) is 77.1 Å². The molecule has 0 unspecified atom stereocenters. The van der Waals surface area contributed by atoms with E-state index in [9.17, 15) is 9.59 Å². The van der Waals surface area contributed by atoms with Crippen LogP contribution in [0.4, 0.5) is 0 Å². The number of ether oxygens (including phenoxy) is 3. The third kappa shape index (κ3) is 5.62. The van der Waals surface area contributed by atoms with Crippen molar-refractivity contribution in [2.45, 2.75) is 26.3 Å². The van der Waals surface area contributed by atoms with Gasteiger partial charge in [-0.05, 0) is 30.5 Å². The van der Waals surface area contributed by atoms with Gasteiger partial charge in [-0.25, -0.2) is 0 Å². The fourth-order valence-electron chi connectivity index (χ4n) is 2.97. The van der Waals surface area contributed by atoms with Gasteiger partial charge in [0.25, 0.3) is 0 Å². The van der Waals surface area contributed by atoms with Crippen LogP contribution >= 0.6 is 0 Å². The lowest BCUT2D eigenvalue weighted by atomic mass is 9.99. The summed E-state index contributed by atoms with van der Waals surface area (Å²) in [5.74, 6) is 1.29. The Morgan fingerprint density at radius 3 is 2.50 bits per heavy atom. The molecule has 1 N–H and O–H groups in total. The van der Waals surface area contributed by atoms with Crippen molar-refractivity contribution in [1.29, 1.82) is 0 Å². The van der Waals surface area contributed by atoms with Gasteiger partial charge in [-0.3, -0.25) is 9.59 Å². The van der Waals surface area contributed by atoms with E-state index in [0.717, 1.165) is 18.4 Å². The van der Waals surface area contributed by atoms with E-state index in [1.54, 1.807) is 19.1 Å². The molecule has 1 aromatic rings. The molecule has 0 atom stereocenters. The summed E-state index contributed by atoms with van der Waals surface area (Å²) in [5.41, 5.74) is 0.939. The third-order valence-electron chi connectivity index (χ3n) is 4.54. The molecule has 1 saturated heterocycles. The average Bonchev–Trinajstić information content (AvgIpc) is 2.67. The number of hydrogen-bond acceptors (Lipinski definition) is 5. The number of carbonyl (C=O) groups is 2. The zero-order valence-corrected chi connectivity index (χ0v) is 15.7. The normalized spacial score (nSPS) is 14.6. The van der Waals surface area contributed by atoms with Gasteiger partial charge in [0.1, 0.15) is 0 Å². The Labute approximate surface area is 154 Å². The Morgan fingerprint density at radius 1 is 1.19 bits per heavy atom. The van der Waals surface area contributed by atoms with Gasteiger partial charge >= 0.3 is 0 Å². The van der Waals surface area contributed by atoms with Crippen LogP contribution in [0.1, 0.15) is 25.3 Å². The predicted molar refractivity (Wildman–Crippen MR) is 97.2 cm³/mol. The lowest BCUT2D eigenvalue weighted by Gasteiger charge is -2.24. The van der Waals surface area contributed by atoms with Crippen LogP contribution < -0.4 is 14.8 Å². The van der Waals surface area contributed by atoms with Crippen LogP contribution in [0.2, 0.25) is 0 Å². The summed E-state index contributed by atoms with van der Waals surface area (Å²) in [7, 11) is 3.16. The van der Waals surface area contributed by atoms with Crippen molar-refractivity contribution in [3.63, 3.8) is 0 Å². The molecule has 144 valence electrons. The molecule has 1 fully saturated rings. The highest BCUT2D eigenvalue weighted by Crippen LogP contribution is 2.28. The number of hydrogen-bond donors (Lipinski definition) is 1. The first-order chi connectivity index (χ1) is 12.5. The first kappa shape index (κ1) is 20.0. The van der Waals surface area contributed by atoms with Gasteiger partial charge in [-0.2, -0.15) is 0 Å². The molecule has 1 aliphatic rings. The minimum absolute atomic E-state index is 0.0142. The molecule has 0 aromatic heterocycles. The van der Waals surface area contributed by atoms with Crippen molar-refractivity contribution < 1.29 is 23.8 Å². The summed E-state index contributed by atoms with van der Waals surface area (Å²) in [5, 5.41) is 2.93. The molecule has 1 aliphatic heterocycles. The number of carbonyl (C=O) groups excluding carboxylic acids is 2. The smallest absolute Gasteiger partial charge is 0.223 e. The van der Waals surface area contributed by atoms with Crippen LogP contribution in [-0.2, 0) is 20.9 Å². The van der Waals surface area contributed by atoms with Crippen molar-refractivity contribution in [3.8, 4) is 11.5 Å². The predicted octanol–water partition coefficient (Wildman–Crippen LogP) is 1.60. The fraction of sp³-hybridized carbons (Fsp3) is 0.579. The monoisotopic (exact) mass is 364 g/mol. The molecule has 0 spiro atoms. The first-order valence-corrected chi connectivity index (χ1v) is 8.87. The van der Waals surface area contributed by atoms with E-state index in [2.05, 4.69) is 5.32 Å². The molecule has 7 heteroatoms. The van der Waals surface area contributed by atoms with Crippen molar-refractivity contribution in [1.82, 2.24) is 10.2 Å². The van der Waals surface area contributed by atoms with E-state index < -0.39 is 0 Å². The van der Waals surface area contributed by atoms with Crippen LogP contribution in [0.3, 0.4) is 0 Å². The van der Waals surface area contributed by atoms with E-state index in [0.29, 0.717) is 44.3 Å². The van der Waals surface area contributed by atoms with Gasteiger partial charge in [-0.1, -0.05) is 6.07 Å². The van der Waals surface area contributed by atoms with Gasteiger partial charge in [0, 0.05) is 45.7 Å². The molecule has 0 radical (unpaired) electrons. The summed E-state index contributed by atoms with van der Waals surface area (Å²) in [6.45, 7) is 4.14. The maximum atomic E-state index is 12.2. The molecule has 26 heavy (non-hydrogen) atoms. The first-order valence-electron chi connectivity index (χ1n) is 8.87. The molecule has 0 bridgehead atoms. The second kappa shape index (κ2) is 10.0. The lowest BCUT2D eigenvalue weighted by Crippen LogP contribution is -2.40. The average molecular weight is 364 g/mol. The second-order valence-electron chi connectivity index (χ2n) is 6.31. The van der Waals surface area contributed by atoms with Crippen LogP contribution in [-0.4, -0.2) is 57.2 Å². The number of rotatable bonds is 8. The Bertz CT molecular complexity index is 614. The number of amides is 2. The summed E-state index contributed by atoms with van der Waals surface area (Å²) < 4.78 is 15.8. The number of benzene rings is 1. The zero-order chi connectivity index (χ0) is 18.9. The van der Waals surface area contributed by atoms with Gasteiger partial charge in [0.2, 0.25) is 11.8 Å². The van der Waals surface area contributed by atoms with E-state index in [1.165, 1.54) is 6.92 Å². The molecule has 2 amide bonds. The minimum Gasteiger partial charge on any atom is -0.493 e. The molecule has 0 aliphatic carbocycles. The van der Waals surface area contributed by atoms with Gasteiger partial charge in [0.15, 0.2) is 11.5 Å². The molecule has 0 saturated carbocycles. The minimum atomic E-state index is -0.0416. The fourth-order valence-corrected chi connectivity index (χ4v) is 2.97. The molecular weight excluding hydrogens is 336 g/mol. The highest BCUT2D eigenvalue weighted by atomic mass is 16.5. The maximum absolute atomic E-state index is 12.2. The number of methoxy groups -OCH3 is 2. The maximum Gasteiger partial charge on any atom is 0.223 e. The molecule has 2 rings (SSSR count). The SMILES string of the molecule is COc1ccc(CN(CCNC(=O)C2CCOCC2)C(C)=O)cc1OC. The summed E-state index contributed by atoms with van der Waals surface area (Å²) >= 11 is 0.